The molecule has 0 spiro atoms. The molecule has 0 aromatic heterocycles. The minimum Gasteiger partial charge on any atom is -0.329 e. The fraction of sp³-hybridized carbons (Fsp3) is 0.500. The van der Waals surface area contributed by atoms with E-state index in [-0.39, 0.29) is 17.5 Å². The second-order valence-corrected chi connectivity index (χ2v) is 6.29. The number of hydrogen-bond acceptors (Lipinski definition) is 3. The van der Waals surface area contributed by atoms with Crippen molar-refractivity contribution in [1.29, 1.82) is 0 Å². The predicted octanol–water partition coefficient (Wildman–Crippen LogP) is 1.33. The van der Waals surface area contributed by atoms with Gasteiger partial charge in [0, 0.05) is 19.1 Å². The molecule has 1 aliphatic heterocycles. The molecule has 0 amide bonds. The first kappa shape index (κ1) is 13.5. The van der Waals surface area contributed by atoms with Crippen LogP contribution in [-0.2, 0) is 10.0 Å². The van der Waals surface area contributed by atoms with Gasteiger partial charge in [-0.1, -0.05) is 18.6 Å². The van der Waals surface area contributed by atoms with Gasteiger partial charge < -0.3 is 5.73 Å². The van der Waals surface area contributed by atoms with Crippen molar-refractivity contribution in [3.8, 4) is 0 Å². The Kier molecular flexibility index (Phi) is 3.99. The van der Waals surface area contributed by atoms with Crippen molar-refractivity contribution in [1.82, 2.24) is 4.31 Å². The van der Waals surface area contributed by atoms with Crippen molar-refractivity contribution in [3.63, 3.8) is 0 Å². The first-order valence-corrected chi connectivity index (χ1v) is 7.48. The summed E-state index contributed by atoms with van der Waals surface area (Å²) in [6.07, 6.45) is 2.50. The van der Waals surface area contributed by atoms with Crippen LogP contribution in [0.5, 0.6) is 0 Å². The Balaban J connectivity index is 2.39. The van der Waals surface area contributed by atoms with E-state index in [1.165, 1.54) is 22.5 Å². The summed E-state index contributed by atoms with van der Waals surface area (Å²) in [5.41, 5.74) is 5.61. The van der Waals surface area contributed by atoms with Crippen LogP contribution in [-0.4, -0.2) is 31.9 Å². The van der Waals surface area contributed by atoms with Crippen molar-refractivity contribution in [3.05, 3.63) is 30.1 Å². The van der Waals surface area contributed by atoms with Crippen molar-refractivity contribution in [2.24, 2.45) is 5.73 Å². The van der Waals surface area contributed by atoms with Crippen LogP contribution >= 0.6 is 0 Å². The van der Waals surface area contributed by atoms with E-state index in [1.54, 1.807) is 0 Å². The summed E-state index contributed by atoms with van der Waals surface area (Å²) >= 11 is 0. The van der Waals surface area contributed by atoms with Crippen LogP contribution in [0.2, 0.25) is 0 Å². The van der Waals surface area contributed by atoms with Gasteiger partial charge in [0.1, 0.15) is 10.7 Å². The lowest BCUT2D eigenvalue weighted by atomic mass is 10.1. The average molecular weight is 272 g/mol. The van der Waals surface area contributed by atoms with E-state index >= 15 is 0 Å². The van der Waals surface area contributed by atoms with Crippen LogP contribution in [0.25, 0.3) is 0 Å². The van der Waals surface area contributed by atoms with Crippen LogP contribution in [0.1, 0.15) is 19.3 Å². The summed E-state index contributed by atoms with van der Waals surface area (Å²) < 4.78 is 39.8. The van der Waals surface area contributed by atoms with Crippen molar-refractivity contribution < 1.29 is 12.8 Å². The van der Waals surface area contributed by atoms with E-state index in [1.807, 2.05) is 0 Å². The molecule has 0 unspecified atom stereocenters. The molecular weight excluding hydrogens is 255 g/mol. The van der Waals surface area contributed by atoms with Gasteiger partial charge in [-0.3, -0.25) is 0 Å². The van der Waals surface area contributed by atoms with Gasteiger partial charge in [-0.25, -0.2) is 12.8 Å². The van der Waals surface area contributed by atoms with E-state index < -0.39 is 15.8 Å². The lowest BCUT2D eigenvalue weighted by molar-refractivity contribution is 0.257. The molecule has 1 aliphatic rings. The minimum atomic E-state index is -3.78. The highest BCUT2D eigenvalue weighted by atomic mass is 32.2. The molecule has 0 saturated carbocycles. The van der Waals surface area contributed by atoms with Gasteiger partial charge in [-0.05, 0) is 25.0 Å². The number of benzene rings is 1. The van der Waals surface area contributed by atoms with Gasteiger partial charge in [0.15, 0.2) is 0 Å². The summed E-state index contributed by atoms with van der Waals surface area (Å²) in [7, 11) is -3.78. The highest BCUT2D eigenvalue weighted by molar-refractivity contribution is 7.89. The molecule has 2 N–H and O–H groups in total. The molecule has 0 radical (unpaired) electrons. The second-order valence-electron chi connectivity index (χ2n) is 4.43. The fourth-order valence-electron chi connectivity index (χ4n) is 2.31. The van der Waals surface area contributed by atoms with Crippen LogP contribution in [0.4, 0.5) is 4.39 Å². The van der Waals surface area contributed by atoms with Crippen LogP contribution in [0.3, 0.4) is 0 Å². The monoisotopic (exact) mass is 272 g/mol. The number of piperidine rings is 1. The minimum absolute atomic E-state index is 0.219. The number of nitrogens with zero attached hydrogens (tertiary/aromatic N) is 1. The highest BCUT2D eigenvalue weighted by Gasteiger charge is 2.34. The van der Waals surface area contributed by atoms with Gasteiger partial charge >= 0.3 is 0 Å². The Bertz CT molecular complexity index is 519. The maximum atomic E-state index is 13.6. The predicted molar refractivity (Wildman–Crippen MR) is 67.0 cm³/mol. The summed E-state index contributed by atoms with van der Waals surface area (Å²) in [4.78, 5) is -0.259. The topological polar surface area (TPSA) is 63.4 Å². The van der Waals surface area contributed by atoms with E-state index in [0.29, 0.717) is 6.54 Å². The number of hydrogen-bond donors (Lipinski definition) is 1. The lowest BCUT2D eigenvalue weighted by Crippen LogP contribution is -2.47. The molecule has 0 aliphatic carbocycles. The molecule has 6 heteroatoms. The van der Waals surface area contributed by atoms with Crippen LogP contribution in [0.15, 0.2) is 29.2 Å². The first-order valence-electron chi connectivity index (χ1n) is 6.04. The van der Waals surface area contributed by atoms with Gasteiger partial charge in [0.05, 0.1) is 0 Å². The third-order valence-corrected chi connectivity index (χ3v) is 5.25. The van der Waals surface area contributed by atoms with Gasteiger partial charge in [-0.15, -0.1) is 0 Å². The quantitative estimate of drug-likeness (QED) is 0.903. The fourth-order valence-corrected chi connectivity index (χ4v) is 4.08. The normalized spacial score (nSPS) is 22.0. The zero-order chi connectivity index (χ0) is 13.2. The van der Waals surface area contributed by atoms with E-state index in [0.717, 1.165) is 25.3 Å². The summed E-state index contributed by atoms with van der Waals surface area (Å²) in [5, 5.41) is 0. The third kappa shape index (κ3) is 2.41. The second kappa shape index (κ2) is 5.34. The first-order chi connectivity index (χ1) is 8.57. The van der Waals surface area contributed by atoms with Crippen molar-refractivity contribution in [2.45, 2.75) is 30.2 Å². The molecular formula is C12H17FN2O2S. The Morgan fingerprint density at radius 1 is 1.33 bits per heavy atom. The summed E-state index contributed by atoms with van der Waals surface area (Å²) in [5.74, 6) is -0.709. The standard InChI is InChI=1S/C12H17FN2O2S/c13-11-6-1-2-7-12(11)18(16,17)15-8-4-3-5-10(15)9-14/h1-2,6-7,10H,3-5,8-9,14H2/t10-/m1/s1. The Labute approximate surface area is 107 Å². The van der Waals surface area contributed by atoms with E-state index in [2.05, 4.69) is 0 Å². The molecule has 1 fully saturated rings. The van der Waals surface area contributed by atoms with Gasteiger partial charge in [0.25, 0.3) is 0 Å². The average Bonchev–Trinajstić information content (AvgIpc) is 2.39. The maximum absolute atomic E-state index is 13.6. The van der Waals surface area contributed by atoms with E-state index in [4.69, 9.17) is 5.73 Å². The molecule has 1 aromatic carbocycles. The zero-order valence-corrected chi connectivity index (χ0v) is 10.9. The molecule has 4 nitrogen and oxygen atoms in total. The number of halogens is 1. The molecule has 2 rings (SSSR count). The number of nitrogens with two attached hydrogens (primary N) is 1. The third-order valence-electron chi connectivity index (χ3n) is 3.27. The van der Waals surface area contributed by atoms with Crippen molar-refractivity contribution >= 4 is 10.0 Å². The summed E-state index contributed by atoms with van der Waals surface area (Å²) in [6, 6.07) is 5.24. The largest absolute Gasteiger partial charge is 0.329 e. The Hall–Kier alpha value is -0.980. The molecule has 1 saturated heterocycles. The highest BCUT2D eigenvalue weighted by Crippen LogP contribution is 2.26. The van der Waals surface area contributed by atoms with Crippen LogP contribution in [0, 0.1) is 5.82 Å². The van der Waals surface area contributed by atoms with Gasteiger partial charge in [-0.2, -0.15) is 4.31 Å². The molecule has 100 valence electrons. The molecule has 1 atom stereocenters. The number of rotatable bonds is 3. The van der Waals surface area contributed by atoms with Crippen molar-refractivity contribution in [2.75, 3.05) is 13.1 Å². The van der Waals surface area contributed by atoms with Gasteiger partial charge in [0.2, 0.25) is 10.0 Å². The Morgan fingerprint density at radius 2 is 2.06 bits per heavy atom. The number of sulfonamides is 1. The SMILES string of the molecule is NC[C@H]1CCCCN1S(=O)(=O)c1ccccc1F. The molecule has 18 heavy (non-hydrogen) atoms. The molecule has 1 aromatic rings. The van der Waals surface area contributed by atoms with Crippen LogP contribution < -0.4 is 5.73 Å². The smallest absolute Gasteiger partial charge is 0.246 e. The van der Waals surface area contributed by atoms with E-state index in [9.17, 15) is 12.8 Å². The lowest BCUT2D eigenvalue weighted by Gasteiger charge is -2.33. The zero-order valence-electron chi connectivity index (χ0n) is 10.0. The summed E-state index contributed by atoms with van der Waals surface area (Å²) in [6.45, 7) is 0.687. The molecule has 1 heterocycles. The molecule has 0 bridgehead atoms. The Morgan fingerprint density at radius 3 is 2.72 bits per heavy atom. The maximum Gasteiger partial charge on any atom is 0.246 e.